The highest BCUT2D eigenvalue weighted by Crippen LogP contribution is 2.28. The summed E-state index contributed by atoms with van der Waals surface area (Å²) in [6, 6.07) is 2.86. The Morgan fingerprint density at radius 3 is 2.33 bits per heavy atom. The third kappa shape index (κ3) is 4.52. The molecule has 1 atom stereocenters. The van der Waals surface area contributed by atoms with Crippen LogP contribution in [-0.2, 0) is 0 Å². The van der Waals surface area contributed by atoms with Crippen molar-refractivity contribution in [3.63, 3.8) is 0 Å². The molecule has 18 heavy (non-hydrogen) atoms. The Morgan fingerprint density at radius 1 is 1.28 bits per heavy atom. The summed E-state index contributed by atoms with van der Waals surface area (Å²) in [6.07, 6.45) is -4.28. The number of hydrogen-bond donors (Lipinski definition) is 1. The molecular weight excluding hydrogens is 250 g/mol. The van der Waals surface area contributed by atoms with Gasteiger partial charge >= 0.3 is 6.36 Å². The first-order valence-corrected chi connectivity index (χ1v) is 5.50. The summed E-state index contributed by atoms with van der Waals surface area (Å²) in [4.78, 5) is 0. The Morgan fingerprint density at radius 2 is 1.89 bits per heavy atom. The lowest BCUT2D eigenvalue weighted by atomic mass is 9.98. The molecule has 1 aromatic carbocycles. The van der Waals surface area contributed by atoms with Gasteiger partial charge in [-0.15, -0.1) is 13.2 Å². The summed E-state index contributed by atoms with van der Waals surface area (Å²) in [7, 11) is 0. The molecule has 1 aromatic rings. The largest absolute Gasteiger partial charge is 0.573 e. The van der Waals surface area contributed by atoms with Gasteiger partial charge in [-0.05, 0) is 30.0 Å². The second-order valence-electron chi connectivity index (χ2n) is 4.47. The fourth-order valence-electron chi connectivity index (χ4n) is 1.60. The predicted molar refractivity (Wildman–Crippen MR) is 59.5 cm³/mol. The van der Waals surface area contributed by atoms with Crippen LogP contribution in [-0.4, -0.2) is 6.36 Å². The minimum Gasteiger partial charge on any atom is -0.403 e. The van der Waals surface area contributed by atoms with Gasteiger partial charge in [0.25, 0.3) is 0 Å². The monoisotopic (exact) mass is 265 g/mol. The maximum atomic E-state index is 13.4. The normalized spacial score (nSPS) is 13.8. The first kappa shape index (κ1) is 14.8. The van der Waals surface area contributed by atoms with Gasteiger partial charge in [0.15, 0.2) is 11.6 Å². The van der Waals surface area contributed by atoms with Crippen molar-refractivity contribution < 1.29 is 22.3 Å². The van der Waals surface area contributed by atoms with Gasteiger partial charge < -0.3 is 10.5 Å². The topological polar surface area (TPSA) is 35.2 Å². The lowest BCUT2D eigenvalue weighted by Gasteiger charge is -2.16. The molecule has 0 fully saturated rings. The maximum Gasteiger partial charge on any atom is 0.573 e. The molecule has 0 bridgehead atoms. The van der Waals surface area contributed by atoms with Crippen LogP contribution in [0.3, 0.4) is 0 Å². The summed E-state index contributed by atoms with van der Waals surface area (Å²) in [5.74, 6) is -1.60. The lowest BCUT2D eigenvalue weighted by Crippen LogP contribution is -2.18. The Hall–Kier alpha value is -1.30. The summed E-state index contributed by atoms with van der Waals surface area (Å²) >= 11 is 0. The minimum atomic E-state index is -4.90. The highest BCUT2D eigenvalue weighted by molar-refractivity contribution is 5.31. The predicted octanol–water partition coefficient (Wildman–Crippen LogP) is 3.77. The van der Waals surface area contributed by atoms with Crippen LogP contribution in [0.25, 0.3) is 0 Å². The van der Waals surface area contributed by atoms with Crippen molar-refractivity contribution in [1.29, 1.82) is 0 Å². The standard InChI is InChI=1S/C12H15F4NO/c1-7(2)5-10(17)8-3-4-11(9(13)6-8)18-12(14,15)16/h3-4,6-7,10H,5,17H2,1-2H3/t10-/m1/s1. The number of halogens is 4. The van der Waals surface area contributed by atoms with Crippen molar-refractivity contribution in [2.45, 2.75) is 32.7 Å². The SMILES string of the molecule is CC(C)C[C@@H](N)c1ccc(OC(F)(F)F)c(F)c1. The molecule has 6 heteroatoms. The van der Waals surface area contributed by atoms with E-state index in [1.54, 1.807) is 0 Å². The van der Waals surface area contributed by atoms with Gasteiger partial charge in [0.1, 0.15) is 0 Å². The van der Waals surface area contributed by atoms with Gasteiger partial charge in [0.05, 0.1) is 0 Å². The molecule has 2 N–H and O–H groups in total. The quantitative estimate of drug-likeness (QED) is 0.841. The number of benzene rings is 1. The summed E-state index contributed by atoms with van der Waals surface area (Å²) in [5, 5.41) is 0. The summed E-state index contributed by atoms with van der Waals surface area (Å²) in [5.41, 5.74) is 6.27. The zero-order chi connectivity index (χ0) is 13.9. The van der Waals surface area contributed by atoms with E-state index < -0.39 is 24.0 Å². The fraction of sp³-hybridized carbons (Fsp3) is 0.500. The van der Waals surface area contributed by atoms with Crippen molar-refractivity contribution in [3.8, 4) is 5.75 Å². The van der Waals surface area contributed by atoms with Crippen LogP contribution < -0.4 is 10.5 Å². The molecule has 0 aliphatic heterocycles. The van der Waals surface area contributed by atoms with E-state index in [0.717, 1.165) is 12.1 Å². The fourth-order valence-corrected chi connectivity index (χ4v) is 1.60. The van der Waals surface area contributed by atoms with Crippen molar-refractivity contribution in [2.24, 2.45) is 11.7 Å². The third-order valence-corrected chi connectivity index (χ3v) is 2.34. The van der Waals surface area contributed by atoms with E-state index in [2.05, 4.69) is 4.74 Å². The van der Waals surface area contributed by atoms with Crippen molar-refractivity contribution in [2.75, 3.05) is 0 Å². The van der Waals surface area contributed by atoms with Gasteiger partial charge in [0.2, 0.25) is 0 Å². The number of hydrogen-bond acceptors (Lipinski definition) is 2. The average Bonchev–Trinajstić information content (AvgIpc) is 2.18. The molecule has 0 saturated heterocycles. The van der Waals surface area contributed by atoms with Gasteiger partial charge in [-0.3, -0.25) is 0 Å². The van der Waals surface area contributed by atoms with Crippen molar-refractivity contribution in [3.05, 3.63) is 29.6 Å². The Balaban J connectivity index is 2.85. The smallest absolute Gasteiger partial charge is 0.403 e. The van der Waals surface area contributed by atoms with Crippen LogP contribution in [0.2, 0.25) is 0 Å². The zero-order valence-corrected chi connectivity index (χ0v) is 10.1. The highest BCUT2D eigenvalue weighted by Gasteiger charge is 2.32. The van der Waals surface area contributed by atoms with E-state index >= 15 is 0 Å². The number of nitrogens with two attached hydrogens (primary N) is 1. The van der Waals surface area contributed by atoms with Crippen LogP contribution >= 0.6 is 0 Å². The molecule has 0 saturated carbocycles. The zero-order valence-electron chi connectivity index (χ0n) is 10.1. The van der Waals surface area contributed by atoms with Crippen LogP contribution in [0.4, 0.5) is 17.6 Å². The molecule has 1 rings (SSSR count). The molecule has 102 valence electrons. The van der Waals surface area contributed by atoms with Gasteiger partial charge in [-0.25, -0.2) is 4.39 Å². The third-order valence-electron chi connectivity index (χ3n) is 2.34. The molecule has 0 aromatic heterocycles. The Bertz CT molecular complexity index is 404. The molecule has 0 amide bonds. The van der Waals surface area contributed by atoms with Crippen molar-refractivity contribution in [1.82, 2.24) is 0 Å². The maximum absolute atomic E-state index is 13.4. The first-order valence-electron chi connectivity index (χ1n) is 5.50. The first-order chi connectivity index (χ1) is 8.19. The van der Waals surface area contributed by atoms with Gasteiger partial charge in [0, 0.05) is 6.04 Å². The summed E-state index contributed by atoms with van der Waals surface area (Å²) < 4.78 is 52.7. The Kier molecular flexibility index (Phi) is 4.56. The molecular formula is C12H15F4NO. The van der Waals surface area contributed by atoms with E-state index in [1.165, 1.54) is 6.07 Å². The van der Waals surface area contributed by atoms with Crippen LogP contribution in [0, 0.1) is 11.7 Å². The van der Waals surface area contributed by atoms with Crippen LogP contribution in [0.1, 0.15) is 31.9 Å². The molecule has 0 radical (unpaired) electrons. The second-order valence-corrected chi connectivity index (χ2v) is 4.47. The second kappa shape index (κ2) is 5.56. The van der Waals surface area contributed by atoms with E-state index in [0.29, 0.717) is 17.9 Å². The molecule has 2 nitrogen and oxygen atoms in total. The highest BCUT2D eigenvalue weighted by atomic mass is 19.4. The van der Waals surface area contributed by atoms with E-state index in [1.807, 2.05) is 13.8 Å². The van der Waals surface area contributed by atoms with Crippen LogP contribution in [0.5, 0.6) is 5.75 Å². The molecule has 0 aliphatic rings. The van der Waals surface area contributed by atoms with E-state index in [4.69, 9.17) is 5.73 Å². The molecule has 0 aliphatic carbocycles. The van der Waals surface area contributed by atoms with Crippen molar-refractivity contribution >= 4 is 0 Å². The molecule has 0 unspecified atom stereocenters. The summed E-state index contributed by atoms with van der Waals surface area (Å²) in [6.45, 7) is 3.91. The van der Waals surface area contributed by atoms with Gasteiger partial charge in [-0.2, -0.15) is 0 Å². The average molecular weight is 265 g/mol. The van der Waals surface area contributed by atoms with E-state index in [9.17, 15) is 17.6 Å². The Labute approximate surface area is 103 Å². The number of ether oxygens (including phenoxy) is 1. The molecule has 0 spiro atoms. The lowest BCUT2D eigenvalue weighted by molar-refractivity contribution is -0.275. The minimum absolute atomic E-state index is 0.314. The number of rotatable bonds is 4. The van der Waals surface area contributed by atoms with E-state index in [-0.39, 0.29) is 0 Å². The number of alkyl halides is 3. The van der Waals surface area contributed by atoms with Gasteiger partial charge in [-0.1, -0.05) is 19.9 Å². The molecule has 0 heterocycles. The van der Waals surface area contributed by atoms with Crippen LogP contribution in [0.15, 0.2) is 18.2 Å².